The van der Waals surface area contributed by atoms with Gasteiger partial charge in [0.15, 0.2) is 0 Å². The van der Waals surface area contributed by atoms with Crippen molar-refractivity contribution in [3.05, 3.63) is 0 Å². The van der Waals surface area contributed by atoms with E-state index >= 15 is 0 Å². The van der Waals surface area contributed by atoms with E-state index in [9.17, 15) is 4.79 Å². The fraction of sp³-hybridized carbons (Fsp3) is 0.933. The van der Waals surface area contributed by atoms with Gasteiger partial charge in [-0.25, -0.2) is 0 Å². The number of hydrogen-bond donors (Lipinski definition) is 1. The topological polar surface area (TPSA) is 38.3 Å². The third-order valence-corrected chi connectivity index (χ3v) is 3.19. The smallest absolute Gasteiger partial charge is 0.123 e. The van der Waals surface area contributed by atoms with Gasteiger partial charge in [-0.3, -0.25) is 0 Å². The third kappa shape index (κ3) is 9.60. The van der Waals surface area contributed by atoms with E-state index in [1.165, 1.54) is 6.42 Å². The predicted molar refractivity (Wildman–Crippen MR) is 76.8 cm³/mol. The lowest BCUT2D eigenvalue weighted by atomic mass is 9.80. The first-order valence-corrected chi connectivity index (χ1v) is 7.26. The number of carbonyl (C=O) groups is 1. The fourth-order valence-electron chi connectivity index (χ4n) is 1.74. The summed E-state index contributed by atoms with van der Waals surface area (Å²) in [6.07, 6.45) is 5.41. The van der Waals surface area contributed by atoms with Crippen LogP contribution >= 0.6 is 0 Å². The van der Waals surface area contributed by atoms with Gasteiger partial charge in [0, 0.05) is 19.1 Å². The van der Waals surface area contributed by atoms with Gasteiger partial charge in [-0.2, -0.15) is 0 Å². The van der Waals surface area contributed by atoms with Crippen LogP contribution in [0.3, 0.4) is 0 Å². The summed E-state index contributed by atoms with van der Waals surface area (Å²) < 4.78 is 5.48. The average molecular weight is 257 g/mol. The van der Waals surface area contributed by atoms with E-state index in [4.69, 9.17) is 4.74 Å². The molecule has 1 unspecified atom stereocenters. The monoisotopic (exact) mass is 257 g/mol. The molecule has 108 valence electrons. The Morgan fingerprint density at radius 1 is 1.17 bits per heavy atom. The first kappa shape index (κ1) is 17.6. The van der Waals surface area contributed by atoms with E-state index in [1.54, 1.807) is 0 Å². The van der Waals surface area contributed by atoms with Crippen LogP contribution in [0.25, 0.3) is 0 Å². The minimum Gasteiger partial charge on any atom is -0.381 e. The van der Waals surface area contributed by atoms with Gasteiger partial charge in [0.05, 0.1) is 0 Å². The number of nitrogens with one attached hydrogen (secondary N) is 1. The molecule has 0 saturated heterocycles. The zero-order valence-electron chi connectivity index (χ0n) is 12.6. The number of carbonyl (C=O) groups excluding carboxylic acids is 1. The number of rotatable bonds is 11. The Bertz CT molecular complexity index is 199. The molecule has 18 heavy (non-hydrogen) atoms. The molecule has 0 spiro atoms. The second kappa shape index (κ2) is 10.5. The summed E-state index contributed by atoms with van der Waals surface area (Å²) in [5.41, 5.74) is 0.0761. The minimum absolute atomic E-state index is 0.0761. The summed E-state index contributed by atoms with van der Waals surface area (Å²) in [5, 5.41) is 3.37. The van der Waals surface area contributed by atoms with E-state index in [-0.39, 0.29) is 11.3 Å². The lowest BCUT2D eigenvalue weighted by Crippen LogP contribution is -2.27. The molecular formula is C15H31NO2. The van der Waals surface area contributed by atoms with Crippen LogP contribution in [0, 0.1) is 11.3 Å². The van der Waals surface area contributed by atoms with Gasteiger partial charge >= 0.3 is 0 Å². The molecule has 0 fully saturated rings. The van der Waals surface area contributed by atoms with Gasteiger partial charge < -0.3 is 14.8 Å². The van der Waals surface area contributed by atoms with Crippen LogP contribution in [-0.2, 0) is 9.53 Å². The number of ether oxygens (including phenoxy) is 1. The molecule has 3 heteroatoms. The van der Waals surface area contributed by atoms with Gasteiger partial charge in [-0.05, 0) is 37.8 Å². The van der Waals surface area contributed by atoms with Crippen LogP contribution in [0.4, 0.5) is 0 Å². The van der Waals surface area contributed by atoms with Crippen molar-refractivity contribution >= 4 is 6.29 Å². The van der Waals surface area contributed by atoms with Gasteiger partial charge in [0.25, 0.3) is 0 Å². The van der Waals surface area contributed by atoms with E-state index in [2.05, 4.69) is 33.0 Å². The van der Waals surface area contributed by atoms with Crippen molar-refractivity contribution in [1.82, 2.24) is 5.32 Å². The number of hydrogen-bond acceptors (Lipinski definition) is 3. The molecule has 0 aromatic carbocycles. The summed E-state index contributed by atoms with van der Waals surface area (Å²) >= 11 is 0. The zero-order valence-corrected chi connectivity index (χ0v) is 12.6. The highest BCUT2D eigenvalue weighted by atomic mass is 16.5. The highest BCUT2D eigenvalue weighted by Crippen LogP contribution is 2.26. The lowest BCUT2D eigenvalue weighted by Gasteiger charge is -2.25. The maximum absolute atomic E-state index is 11.0. The van der Waals surface area contributed by atoms with Crippen molar-refractivity contribution in [2.75, 3.05) is 26.3 Å². The SMILES string of the molecule is CCCCOCCCNCCC(C=O)C(C)(C)C. The molecule has 0 aromatic rings. The normalized spacial score (nSPS) is 13.6. The Labute approximate surface area is 113 Å². The van der Waals surface area contributed by atoms with E-state index in [1.807, 2.05) is 0 Å². The summed E-state index contributed by atoms with van der Waals surface area (Å²) in [5.74, 6) is 0.144. The number of aldehydes is 1. The van der Waals surface area contributed by atoms with Crippen LogP contribution in [0.1, 0.15) is 53.4 Å². The van der Waals surface area contributed by atoms with Crippen molar-refractivity contribution in [2.24, 2.45) is 11.3 Å². The lowest BCUT2D eigenvalue weighted by molar-refractivity contribution is -0.114. The first-order valence-electron chi connectivity index (χ1n) is 7.26. The van der Waals surface area contributed by atoms with Crippen molar-refractivity contribution in [3.63, 3.8) is 0 Å². The van der Waals surface area contributed by atoms with Crippen LogP contribution in [0.15, 0.2) is 0 Å². The summed E-state index contributed by atoms with van der Waals surface area (Å²) in [6.45, 7) is 12.1. The van der Waals surface area contributed by atoms with Gasteiger partial charge in [0.1, 0.15) is 6.29 Å². The van der Waals surface area contributed by atoms with Crippen LogP contribution in [0.5, 0.6) is 0 Å². The molecule has 0 aliphatic heterocycles. The van der Waals surface area contributed by atoms with Crippen LogP contribution in [0.2, 0.25) is 0 Å². The first-order chi connectivity index (χ1) is 8.52. The molecule has 0 bridgehead atoms. The maximum Gasteiger partial charge on any atom is 0.123 e. The number of unbranched alkanes of at least 4 members (excludes halogenated alkanes) is 1. The Morgan fingerprint density at radius 3 is 2.39 bits per heavy atom. The maximum atomic E-state index is 11.0. The van der Waals surface area contributed by atoms with E-state index in [0.29, 0.717) is 0 Å². The fourth-order valence-corrected chi connectivity index (χ4v) is 1.74. The van der Waals surface area contributed by atoms with Crippen molar-refractivity contribution < 1.29 is 9.53 Å². The largest absolute Gasteiger partial charge is 0.381 e. The summed E-state index contributed by atoms with van der Waals surface area (Å²) in [6, 6.07) is 0. The molecule has 0 rings (SSSR count). The molecule has 3 nitrogen and oxygen atoms in total. The van der Waals surface area contributed by atoms with Crippen LogP contribution < -0.4 is 5.32 Å². The minimum atomic E-state index is 0.0761. The van der Waals surface area contributed by atoms with Gasteiger partial charge in [-0.15, -0.1) is 0 Å². The Morgan fingerprint density at radius 2 is 1.83 bits per heavy atom. The van der Waals surface area contributed by atoms with Gasteiger partial charge in [0.2, 0.25) is 0 Å². The highest BCUT2D eigenvalue weighted by molar-refractivity contribution is 5.54. The average Bonchev–Trinajstić information content (AvgIpc) is 2.30. The standard InChI is InChI=1S/C15H31NO2/c1-5-6-11-18-12-7-9-16-10-8-14(13-17)15(2,3)4/h13-14,16H,5-12H2,1-4H3. The molecule has 0 aliphatic carbocycles. The molecule has 0 saturated carbocycles. The third-order valence-electron chi connectivity index (χ3n) is 3.19. The molecular weight excluding hydrogens is 226 g/mol. The molecule has 0 aliphatic rings. The Kier molecular flexibility index (Phi) is 10.3. The molecule has 1 N–H and O–H groups in total. The Hall–Kier alpha value is -0.410. The second-order valence-corrected chi connectivity index (χ2v) is 5.97. The second-order valence-electron chi connectivity index (χ2n) is 5.97. The molecule has 0 heterocycles. The van der Waals surface area contributed by atoms with E-state index < -0.39 is 0 Å². The van der Waals surface area contributed by atoms with Crippen LogP contribution in [-0.4, -0.2) is 32.6 Å². The predicted octanol–water partition coefficient (Wildman–Crippen LogP) is 3.03. The molecule has 0 aromatic heterocycles. The quantitative estimate of drug-likeness (QED) is 0.457. The molecule has 0 radical (unpaired) electrons. The molecule has 1 atom stereocenters. The van der Waals surface area contributed by atoms with Crippen molar-refractivity contribution in [2.45, 2.75) is 53.4 Å². The van der Waals surface area contributed by atoms with Crippen molar-refractivity contribution in [3.8, 4) is 0 Å². The molecule has 0 amide bonds. The summed E-state index contributed by atoms with van der Waals surface area (Å²) in [4.78, 5) is 11.0. The zero-order chi connectivity index (χ0) is 13.9. The highest BCUT2D eigenvalue weighted by Gasteiger charge is 2.23. The van der Waals surface area contributed by atoms with Crippen molar-refractivity contribution in [1.29, 1.82) is 0 Å². The summed E-state index contributed by atoms with van der Waals surface area (Å²) in [7, 11) is 0. The van der Waals surface area contributed by atoms with Gasteiger partial charge in [-0.1, -0.05) is 34.1 Å². The Balaban J connectivity index is 3.37. The van der Waals surface area contributed by atoms with E-state index in [0.717, 1.165) is 51.9 Å².